The van der Waals surface area contributed by atoms with Crippen LogP contribution in [0.2, 0.25) is 0 Å². The molecule has 1 aromatic carbocycles. The van der Waals surface area contributed by atoms with E-state index in [0.29, 0.717) is 13.1 Å². The Balaban J connectivity index is 0.000000582. The van der Waals surface area contributed by atoms with E-state index in [1.165, 1.54) is 29.5 Å². The van der Waals surface area contributed by atoms with E-state index in [1.54, 1.807) is 12.5 Å². The van der Waals surface area contributed by atoms with Gasteiger partial charge >= 0.3 is 0 Å². The number of carbonyl (C=O) groups excluding carboxylic acids is 1. The van der Waals surface area contributed by atoms with Gasteiger partial charge in [0.15, 0.2) is 0 Å². The smallest absolute Gasteiger partial charge is 0.290 e. The predicted molar refractivity (Wildman–Crippen MR) is 124 cm³/mol. The largest absolute Gasteiger partial charge is 0.483 e. The number of hydrogen-bond donors (Lipinski definition) is 4. The van der Waals surface area contributed by atoms with E-state index in [4.69, 9.17) is 19.8 Å². The van der Waals surface area contributed by atoms with Crippen LogP contribution in [0.5, 0.6) is 0 Å². The fourth-order valence-electron chi connectivity index (χ4n) is 3.87. The molecule has 0 atom stereocenters. The minimum Gasteiger partial charge on any atom is -0.483 e. The summed E-state index contributed by atoms with van der Waals surface area (Å²) >= 11 is 0. The number of imidazole rings is 1. The van der Waals surface area contributed by atoms with Crippen LogP contribution in [-0.2, 0) is 29.0 Å². The summed E-state index contributed by atoms with van der Waals surface area (Å²) in [4.78, 5) is 44.7. The number of nitrogens with one attached hydrogen (secondary N) is 2. The van der Waals surface area contributed by atoms with Gasteiger partial charge in [-0.3, -0.25) is 14.4 Å². The third-order valence-corrected chi connectivity index (χ3v) is 5.37. The molecule has 1 amide bonds. The van der Waals surface area contributed by atoms with E-state index in [1.807, 2.05) is 25.1 Å². The fourth-order valence-corrected chi connectivity index (χ4v) is 3.87. The summed E-state index contributed by atoms with van der Waals surface area (Å²) in [5, 5.41) is 15.0. The Morgan fingerprint density at radius 2 is 1.82 bits per heavy atom. The lowest BCUT2D eigenvalue weighted by molar-refractivity contribution is -0.123. The van der Waals surface area contributed by atoms with Crippen molar-refractivity contribution in [1.29, 1.82) is 0 Å². The van der Waals surface area contributed by atoms with Crippen molar-refractivity contribution < 1.29 is 24.6 Å². The Bertz CT molecular complexity index is 1020. The van der Waals surface area contributed by atoms with Crippen LogP contribution in [0.1, 0.15) is 40.2 Å². The van der Waals surface area contributed by atoms with Crippen molar-refractivity contribution in [3.05, 3.63) is 53.2 Å². The zero-order valence-corrected chi connectivity index (χ0v) is 19.0. The molecule has 0 radical (unpaired) electrons. The topological polar surface area (TPSA) is 143 Å². The number of likely N-dealkylation sites (N-methyl/N-ethyl adjacent to an activating group) is 1. The summed E-state index contributed by atoms with van der Waals surface area (Å²) in [5.41, 5.74) is 5.60. The maximum Gasteiger partial charge on any atom is 0.290 e. The van der Waals surface area contributed by atoms with Gasteiger partial charge in [0.05, 0.1) is 18.6 Å². The number of H-pyrrole nitrogens is 2. The first-order chi connectivity index (χ1) is 15.9. The Labute approximate surface area is 192 Å². The highest BCUT2D eigenvalue weighted by molar-refractivity contribution is 5.99. The summed E-state index contributed by atoms with van der Waals surface area (Å²) in [7, 11) is 4.05. The molecule has 2 heterocycles. The molecule has 178 valence electrons. The van der Waals surface area contributed by atoms with Gasteiger partial charge in [0.1, 0.15) is 0 Å². The Kier molecular flexibility index (Phi) is 10.1. The second kappa shape index (κ2) is 13.0. The number of aryl methyl sites for hydroxylation is 2. The van der Waals surface area contributed by atoms with Crippen molar-refractivity contribution in [2.24, 2.45) is 0 Å². The third kappa shape index (κ3) is 7.18. The summed E-state index contributed by atoms with van der Waals surface area (Å²) in [6.07, 6.45) is 8.12. The number of amides is 1. The number of benzene rings is 1. The van der Waals surface area contributed by atoms with Crippen LogP contribution in [-0.4, -0.2) is 81.0 Å². The Morgan fingerprint density at radius 3 is 2.45 bits per heavy atom. The van der Waals surface area contributed by atoms with Gasteiger partial charge in [-0.2, -0.15) is 0 Å². The molecule has 1 aliphatic rings. The van der Waals surface area contributed by atoms with E-state index in [9.17, 15) is 4.79 Å². The van der Waals surface area contributed by atoms with Crippen molar-refractivity contribution in [2.45, 2.75) is 32.2 Å². The van der Waals surface area contributed by atoms with E-state index in [0.717, 1.165) is 36.2 Å². The molecule has 0 unspecified atom stereocenters. The third-order valence-electron chi connectivity index (χ3n) is 5.37. The van der Waals surface area contributed by atoms with Crippen molar-refractivity contribution in [3.63, 3.8) is 0 Å². The van der Waals surface area contributed by atoms with Crippen LogP contribution >= 0.6 is 0 Å². The molecule has 4 rings (SSSR count). The highest BCUT2D eigenvalue weighted by atomic mass is 16.3. The maximum atomic E-state index is 13.3. The SMILES string of the molecule is CN(C)CCN(Cc1cnc[nH]1)C(=O)c1ccc2[nH]c3c(c2c1)CCCC3.O=CO.O=CO. The Morgan fingerprint density at radius 1 is 1.12 bits per heavy atom. The van der Waals surface area contributed by atoms with Gasteiger partial charge in [-0.25, -0.2) is 4.98 Å². The first-order valence-corrected chi connectivity index (χ1v) is 10.7. The molecule has 0 fully saturated rings. The summed E-state index contributed by atoms with van der Waals surface area (Å²) < 4.78 is 0. The van der Waals surface area contributed by atoms with E-state index < -0.39 is 0 Å². The second-order valence-corrected chi connectivity index (χ2v) is 7.87. The van der Waals surface area contributed by atoms with Crippen LogP contribution < -0.4 is 0 Å². The van der Waals surface area contributed by atoms with Gasteiger partial charge in [-0.05, 0) is 63.5 Å². The quantitative estimate of drug-likeness (QED) is 0.416. The average molecular weight is 458 g/mol. The molecule has 2 aromatic heterocycles. The molecule has 10 nitrogen and oxygen atoms in total. The van der Waals surface area contributed by atoms with Gasteiger partial charge in [0.2, 0.25) is 0 Å². The number of hydrogen-bond acceptors (Lipinski definition) is 5. The molecular formula is C23H31N5O5. The number of carboxylic acid groups (broad SMARTS) is 2. The number of rotatable bonds is 6. The van der Waals surface area contributed by atoms with E-state index in [-0.39, 0.29) is 18.9 Å². The van der Waals surface area contributed by atoms with Gasteiger partial charge in [0, 0.05) is 41.4 Å². The fraction of sp³-hybridized carbons (Fsp3) is 0.391. The molecular weight excluding hydrogens is 426 g/mol. The molecule has 33 heavy (non-hydrogen) atoms. The molecule has 0 spiro atoms. The maximum absolute atomic E-state index is 13.3. The van der Waals surface area contributed by atoms with E-state index >= 15 is 0 Å². The lowest BCUT2D eigenvalue weighted by Crippen LogP contribution is -2.36. The van der Waals surface area contributed by atoms with Crippen molar-refractivity contribution in [1.82, 2.24) is 24.8 Å². The number of carbonyl (C=O) groups is 3. The zero-order valence-electron chi connectivity index (χ0n) is 19.0. The number of aromatic nitrogens is 3. The zero-order chi connectivity index (χ0) is 24.2. The van der Waals surface area contributed by atoms with Gasteiger partial charge in [-0.15, -0.1) is 0 Å². The first kappa shape index (κ1) is 25.6. The molecule has 0 aliphatic heterocycles. The predicted octanol–water partition coefficient (Wildman–Crippen LogP) is 2.38. The van der Waals surface area contributed by atoms with Crippen molar-refractivity contribution in [3.8, 4) is 0 Å². The lowest BCUT2D eigenvalue weighted by atomic mass is 9.95. The highest BCUT2D eigenvalue weighted by Crippen LogP contribution is 2.30. The monoisotopic (exact) mass is 457 g/mol. The molecule has 1 aliphatic carbocycles. The van der Waals surface area contributed by atoms with E-state index in [2.05, 4.69) is 32.0 Å². The van der Waals surface area contributed by atoms with Crippen LogP contribution in [0.15, 0.2) is 30.7 Å². The summed E-state index contributed by atoms with van der Waals surface area (Å²) in [6, 6.07) is 6.08. The van der Waals surface area contributed by atoms with Crippen molar-refractivity contribution >= 4 is 29.8 Å². The van der Waals surface area contributed by atoms with Crippen LogP contribution in [0, 0.1) is 0 Å². The number of aromatic amines is 2. The molecule has 0 saturated heterocycles. The molecule has 10 heteroatoms. The highest BCUT2D eigenvalue weighted by Gasteiger charge is 2.20. The van der Waals surface area contributed by atoms with Gasteiger partial charge in [-0.1, -0.05) is 0 Å². The minimum atomic E-state index is -0.250. The van der Waals surface area contributed by atoms with Crippen molar-refractivity contribution in [2.75, 3.05) is 27.2 Å². The molecule has 4 N–H and O–H groups in total. The van der Waals surface area contributed by atoms with Gasteiger partial charge < -0.3 is 30.0 Å². The molecule has 0 saturated carbocycles. The summed E-state index contributed by atoms with van der Waals surface area (Å²) in [6.45, 7) is 1.53. The van der Waals surface area contributed by atoms with Gasteiger partial charge in [0.25, 0.3) is 18.9 Å². The Hall–Kier alpha value is -3.66. The lowest BCUT2D eigenvalue weighted by Gasteiger charge is -2.24. The van der Waals surface area contributed by atoms with Crippen LogP contribution in [0.25, 0.3) is 10.9 Å². The minimum absolute atomic E-state index is 0.0686. The number of nitrogens with zero attached hydrogens (tertiary/aromatic N) is 3. The number of fused-ring (bicyclic) bond motifs is 3. The normalized spacial score (nSPS) is 12.1. The standard InChI is InChI=1S/C21H27N5O.2CH2O2/c1-25(2)9-10-26(13-16-12-22-14-23-16)21(27)15-7-8-20-18(11-15)17-5-3-4-6-19(17)24-20;2*2-1-3/h7-8,11-12,14,24H,3-6,9-10,13H2,1-2H3,(H,22,23);2*1H,(H,2,3). The molecule has 0 bridgehead atoms. The molecule has 3 aromatic rings. The van der Waals surface area contributed by atoms with Crippen LogP contribution in [0.4, 0.5) is 0 Å². The summed E-state index contributed by atoms with van der Waals surface area (Å²) in [5.74, 6) is 0.0686. The average Bonchev–Trinajstić information content (AvgIpc) is 3.44. The first-order valence-electron chi connectivity index (χ1n) is 10.7. The van der Waals surface area contributed by atoms with Crippen LogP contribution in [0.3, 0.4) is 0 Å². The second-order valence-electron chi connectivity index (χ2n) is 7.87.